The van der Waals surface area contributed by atoms with Gasteiger partial charge in [0.05, 0.1) is 11.2 Å². The summed E-state index contributed by atoms with van der Waals surface area (Å²) in [4.78, 5) is 11.8. The van der Waals surface area contributed by atoms with Crippen LogP contribution in [0.25, 0.3) is 0 Å². The molecule has 1 amide bonds. The highest BCUT2D eigenvalue weighted by atomic mass is 32.2. The Hall–Kier alpha value is -3.24. The van der Waals surface area contributed by atoms with Gasteiger partial charge in [-0.25, -0.2) is 17.2 Å². The molecule has 0 aliphatic carbocycles. The second-order valence-electron chi connectivity index (χ2n) is 6.50. The highest BCUT2D eigenvalue weighted by Crippen LogP contribution is 2.18. The van der Waals surface area contributed by atoms with Crippen LogP contribution < -0.4 is 10.0 Å². The number of amides is 1. The molecule has 0 unspecified atom stereocenters. The molecule has 0 saturated heterocycles. The first-order chi connectivity index (χ1) is 14.8. The van der Waals surface area contributed by atoms with E-state index in [1.165, 1.54) is 24.3 Å². The lowest BCUT2D eigenvalue weighted by molar-refractivity contribution is 0.0917. The third-order valence-corrected chi connectivity index (χ3v) is 5.56. The first-order valence-corrected chi connectivity index (χ1v) is 10.8. The van der Waals surface area contributed by atoms with Crippen LogP contribution in [-0.2, 0) is 21.4 Å². The topological polar surface area (TPSA) is 97.6 Å². The van der Waals surface area contributed by atoms with Gasteiger partial charge in [-0.15, -0.1) is 0 Å². The summed E-state index contributed by atoms with van der Waals surface area (Å²) >= 11 is 0. The second-order valence-corrected chi connectivity index (χ2v) is 8.18. The Morgan fingerprint density at radius 1 is 1.03 bits per heavy atom. The van der Waals surface area contributed by atoms with E-state index in [0.717, 1.165) is 17.9 Å². The third kappa shape index (κ3) is 6.37. The van der Waals surface area contributed by atoms with Crippen molar-refractivity contribution in [3.8, 4) is 0 Å². The van der Waals surface area contributed by atoms with Gasteiger partial charge >= 0.3 is 0 Å². The lowest BCUT2D eigenvalue weighted by Gasteiger charge is -2.10. The minimum absolute atomic E-state index is 0.174. The molecule has 31 heavy (non-hydrogen) atoms. The van der Waals surface area contributed by atoms with Crippen molar-refractivity contribution >= 4 is 21.6 Å². The van der Waals surface area contributed by atoms with Crippen LogP contribution in [0, 0.1) is 11.6 Å². The van der Waals surface area contributed by atoms with E-state index in [1.807, 2.05) is 6.07 Å². The Morgan fingerprint density at radius 3 is 2.48 bits per heavy atom. The Morgan fingerprint density at radius 2 is 1.81 bits per heavy atom. The van der Waals surface area contributed by atoms with Crippen molar-refractivity contribution < 1.29 is 31.1 Å². The number of sulfonamides is 1. The Kier molecular flexibility index (Phi) is 7.37. The zero-order valence-corrected chi connectivity index (χ0v) is 17.1. The molecule has 2 N–H and O–H groups in total. The van der Waals surface area contributed by atoms with E-state index in [-0.39, 0.29) is 11.6 Å². The van der Waals surface area contributed by atoms with Gasteiger partial charge in [-0.3, -0.25) is 9.52 Å². The molecule has 0 radical (unpaired) electrons. The number of furan rings is 1. The van der Waals surface area contributed by atoms with Crippen LogP contribution in [0.4, 0.5) is 14.5 Å². The molecule has 3 aromatic rings. The molecule has 0 aliphatic rings. The summed E-state index contributed by atoms with van der Waals surface area (Å²) in [5.74, 6) is -2.00. The number of hydrogen-bond donors (Lipinski definition) is 2. The van der Waals surface area contributed by atoms with Crippen molar-refractivity contribution in [1.29, 1.82) is 0 Å². The van der Waals surface area contributed by atoms with Crippen LogP contribution in [0.1, 0.15) is 22.5 Å². The van der Waals surface area contributed by atoms with E-state index in [4.69, 9.17) is 9.15 Å². The number of rotatable bonds is 10. The van der Waals surface area contributed by atoms with E-state index >= 15 is 0 Å². The molecule has 0 atom stereocenters. The van der Waals surface area contributed by atoms with Crippen molar-refractivity contribution in [3.05, 3.63) is 83.8 Å². The fourth-order valence-electron chi connectivity index (χ4n) is 2.59. The van der Waals surface area contributed by atoms with Gasteiger partial charge in [0, 0.05) is 24.4 Å². The van der Waals surface area contributed by atoms with Crippen LogP contribution >= 0.6 is 0 Å². The summed E-state index contributed by atoms with van der Waals surface area (Å²) in [6.07, 6.45) is 2.18. The Labute approximate surface area is 178 Å². The van der Waals surface area contributed by atoms with Gasteiger partial charge in [-0.1, -0.05) is 0 Å². The van der Waals surface area contributed by atoms with Crippen LogP contribution in [0.5, 0.6) is 0 Å². The smallest absolute Gasteiger partial charge is 0.261 e. The molecule has 0 saturated carbocycles. The fourth-order valence-corrected chi connectivity index (χ4v) is 3.66. The summed E-state index contributed by atoms with van der Waals surface area (Å²) in [6, 6.07) is 11.6. The zero-order valence-electron chi connectivity index (χ0n) is 16.3. The normalized spacial score (nSPS) is 11.3. The van der Waals surface area contributed by atoms with Crippen LogP contribution in [-0.4, -0.2) is 27.5 Å². The first kappa shape index (κ1) is 22.4. The molecule has 0 aliphatic heterocycles. The fraction of sp³-hybridized carbons (Fsp3) is 0.190. The highest BCUT2D eigenvalue weighted by molar-refractivity contribution is 7.92. The minimum Gasteiger partial charge on any atom is -0.467 e. The molecular formula is C21H20F2N2O5S. The average Bonchev–Trinajstić information content (AvgIpc) is 3.26. The average molecular weight is 450 g/mol. The monoisotopic (exact) mass is 450 g/mol. The number of carbonyl (C=O) groups is 1. The van der Waals surface area contributed by atoms with E-state index in [9.17, 15) is 22.0 Å². The molecule has 0 spiro atoms. The summed E-state index contributed by atoms with van der Waals surface area (Å²) in [7, 11) is -4.10. The van der Waals surface area contributed by atoms with Crippen LogP contribution in [0.15, 0.2) is 70.2 Å². The van der Waals surface area contributed by atoms with Gasteiger partial charge in [0.15, 0.2) is 11.6 Å². The lowest BCUT2D eigenvalue weighted by Crippen LogP contribution is -2.25. The quantitative estimate of drug-likeness (QED) is 0.459. The van der Waals surface area contributed by atoms with Gasteiger partial charge in [0.25, 0.3) is 15.9 Å². The number of ether oxygens (including phenoxy) is 1. The van der Waals surface area contributed by atoms with Crippen molar-refractivity contribution in [2.45, 2.75) is 17.9 Å². The summed E-state index contributed by atoms with van der Waals surface area (Å²) < 4.78 is 63.7. The van der Waals surface area contributed by atoms with Crippen molar-refractivity contribution in [2.24, 2.45) is 0 Å². The summed E-state index contributed by atoms with van der Waals surface area (Å²) in [5.41, 5.74) is 0.514. The minimum atomic E-state index is -4.10. The molecule has 0 bridgehead atoms. The van der Waals surface area contributed by atoms with Crippen molar-refractivity contribution in [3.63, 3.8) is 0 Å². The lowest BCUT2D eigenvalue weighted by atomic mass is 10.2. The number of carbonyl (C=O) groups excluding carboxylic acids is 1. The number of halogens is 2. The molecule has 10 heteroatoms. The molecule has 7 nitrogen and oxygen atoms in total. The summed E-state index contributed by atoms with van der Waals surface area (Å²) in [6.45, 7) is 1.22. The number of anilines is 1. The molecule has 2 aromatic carbocycles. The largest absolute Gasteiger partial charge is 0.467 e. The standard InChI is InChI=1S/C21H20F2N2O5S/c22-19-9-8-18(13-20(19)23)31(27,28)25-16-6-4-15(5-7-16)21(26)24-10-2-11-29-14-17-3-1-12-30-17/h1,3-9,12-13,25H,2,10-11,14H2,(H,24,26). The van der Waals surface area contributed by atoms with Gasteiger partial charge < -0.3 is 14.5 Å². The molecule has 1 aromatic heterocycles. The first-order valence-electron chi connectivity index (χ1n) is 9.31. The number of benzene rings is 2. The molecule has 0 fully saturated rings. The second kappa shape index (κ2) is 10.2. The van der Waals surface area contributed by atoms with Gasteiger partial charge in [0.1, 0.15) is 12.4 Å². The highest BCUT2D eigenvalue weighted by Gasteiger charge is 2.17. The molecule has 164 valence electrons. The van der Waals surface area contributed by atoms with Gasteiger partial charge in [-0.05, 0) is 61.0 Å². The van der Waals surface area contributed by atoms with Crippen molar-refractivity contribution in [1.82, 2.24) is 5.32 Å². The summed E-state index contributed by atoms with van der Waals surface area (Å²) in [5, 5.41) is 2.74. The van der Waals surface area contributed by atoms with Crippen molar-refractivity contribution in [2.75, 3.05) is 17.9 Å². The number of nitrogens with one attached hydrogen (secondary N) is 2. The number of hydrogen-bond acceptors (Lipinski definition) is 5. The Bertz CT molecular complexity index is 1120. The van der Waals surface area contributed by atoms with E-state index in [0.29, 0.717) is 37.8 Å². The van der Waals surface area contributed by atoms with Crippen LogP contribution in [0.3, 0.4) is 0 Å². The van der Waals surface area contributed by atoms with Gasteiger partial charge in [-0.2, -0.15) is 0 Å². The van der Waals surface area contributed by atoms with Gasteiger partial charge in [0.2, 0.25) is 0 Å². The third-order valence-electron chi connectivity index (χ3n) is 4.18. The molecule has 3 rings (SSSR count). The van der Waals surface area contributed by atoms with Crippen LogP contribution in [0.2, 0.25) is 0 Å². The van der Waals surface area contributed by atoms with E-state index in [2.05, 4.69) is 10.0 Å². The maximum atomic E-state index is 13.3. The van der Waals surface area contributed by atoms with E-state index < -0.39 is 26.6 Å². The predicted molar refractivity (Wildman–Crippen MR) is 109 cm³/mol. The van der Waals surface area contributed by atoms with E-state index in [1.54, 1.807) is 12.3 Å². The zero-order chi connectivity index (χ0) is 22.3. The molecular weight excluding hydrogens is 430 g/mol. The SMILES string of the molecule is O=C(NCCCOCc1ccco1)c1ccc(NS(=O)(=O)c2ccc(F)c(F)c2)cc1. The Balaban J connectivity index is 1.46. The maximum absolute atomic E-state index is 13.3. The molecule has 1 heterocycles. The predicted octanol–water partition coefficient (Wildman–Crippen LogP) is 3.70. The maximum Gasteiger partial charge on any atom is 0.261 e.